The van der Waals surface area contributed by atoms with Gasteiger partial charge in [0.15, 0.2) is 5.78 Å². The number of hydrogen-bond donors (Lipinski definition) is 2. The Labute approximate surface area is 126 Å². The van der Waals surface area contributed by atoms with Gasteiger partial charge in [0.2, 0.25) is 0 Å². The summed E-state index contributed by atoms with van der Waals surface area (Å²) in [5, 5.41) is 9.13. The Kier molecular flexibility index (Phi) is 4.87. The highest BCUT2D eigenvalue weighted by Crippen LogP contribution is 2.13. The van der Waals surface area contributed by atoms with Crippen LogP contribution in [-0.4, -0.2) is 33.9 Å². The lowest BCUT2D eigenvalue weighted by Crippen LogP contribution is -2.09. The number of rotatable bonds is 6. The van der Waals surface area contributed by atoms with Gasteiger partial charge in [-0.25, -0.2) is 9.78 Å². The molecule has 0 bridgehead atoms. The van der Waals surface area contributed by atoms with E-state index in [1.165, 1.54) is 24.7 Å². The van der Waals surface area contributed by atoms with E-state index in [4.69, 9.17) is 9.84 Å². The molecule has 2 N–H and O–H groups in total. The number of aromatic nitrogens is 2. The number of allylic oxidation sites excluding steroid dienone is 1. The molecule has 2 aromatic rings. The first-order valence-electron chi connectivity index (χ1n) is 6.40. The van der Waals surface area contributed by atoms with Crippen LogP contribution in [0.1, 0.15) is 11.3 Å². The van der Waals surface area contributed by atoms with Crippen molar-refractivity contribution >= 4 is 23.9 Å². The molecule has 6 nitrogen and oxygen atoms in total. The fourth-order valence-electron chi connectivity index (χ4n) is 1.72. The third-order valence-electron chi connectivity index (χ3n) is 2.86. The molecule has 6 heteroatoms. The second-order valence-corrected chi connectivity index (χ2v) is 4.34. The summed E-state index contributed by atoms with van der Waals surface area (Å²) >= 11 is 0. The largest absolute Gasteiger partial charge is 0.497 e. The second kappa shape index (κ2) is 7.03. The molecule has 0 aliphatic heterocycles. The number of H-pyrrole nitrogens is 1. The molecule has 0 radical (unpaired) electrons. The van der Waals surface area contributed by atoms with Crippen molar-refractivity contribution in [1.29, 1.82) is 0 Å². The fourth-order valence-corrected chi connectivity index (χ4v) is 1.72. The summed E-state index contributed by atoms with van der Waals surface area (Å²) in [6.07, 6.45) is 6.85. The number of carboxylic acid groups (broad SMARTS) is 1. The molecule has 0 saturated carbocycles. The van der Waals surface area contributed by atoms with Gasteiger partial charge in [0.25, 0.3) is 0 Å². The van der Waals surface area contributed by atoms with Crippen molar-refractivity contribution in [2.75, 3.05) is 7.11 Å². The summed E-state index contributed by atoms with van der Waals surface area (Å²) in [4.78, 5) is 29.7. The second-order valence-electron chi connectivity index (χ2n) is 4.34. The lowest BCUT2D eigenvalue weighted by Gasteiger charge is -1.99. The minimum absolute atomic E-state index is 0.339. The zero-order valence-electron chi connectivity index (χ0n) is 11.8. The number of hydrogen-bond acceptors (Lipinski definition) is 4. The molecule has 0 aliphatic carbocycles. The quantitative estimate of drug-likeness (QED) is 0.484. The third kappa shape index (κ3) is 3.92. The van der Waals surface area contributed by atoms with Gasteiger partial charge in [0.1, 0.15) is 11.3 Å². The average molecular weight is 298 g/mol. The standard InChI is InChI=1S/C16H14N2O4/c1-22-13-5-2-11(3-6-13)4-7-15(19)14(16(20)21)8-12-9-17-10-18-12/h2-10H,1H3,(H,17,18)(H,20,21)/b7-4+,14-8-. The van der Waals surface area contributed by atoms with Crippen molar-refractivity contribution in [2.45, 2.75) is 0 Å². The number of ketones is 1. The topological polar surface area (TPSA) is 92.3 Å². The van der Waals surface area contributed by atoms with Crippen LogP contribution in [0.25, 0.3) is 12.2 Å². The van der Waals surface area contributed by atoms with Crippen molar-refractivity contribution < 1.29 is 19.4 Å². The van der Waals surface area contributed by atoms with Crippen LogP contribution in [0.2, 0.25) is 0 Å². The highest BCUT2D eigenvalue weighted by Gasteiger charge is 2.15. The van der Waals surface area contributed by atoms with Crippen LogP contribution in [0.4, 0.5) is 0 Å². The van der Waals surface area contributed by atoms with Crippen molar-refractivity contribution in [3.05, 3.63) is 59.7 Å². The summed E-state index contributed by atoms with van der Waals surface area (Å²) in [7, 11) is 1.56. The molecule has 1 aromatic heterocycles. The highest BCUT2D eigenvalue weighted by molar-refractivity contribution is 6.24. The molecule has 0 unspecified atom stereocenters. The van der Waals surface area contributed by atoms with Crippen LogP contribution in [0, 0.1) is 0 Å². The van der Waals surface area contributed by atoms with Gasteiger partial charge in [-0.3, -0.25) is 4.79 Å². The number of benzene rings is 1. The zero-order valence-corrected chi connectivity index (χ0v) is 11.8. The first-order chi connectivity index (χ1) is 10.6. The number of ether oxygens (including phenoxy) is 1. The smallest absolute Gasteiger partial charge is 0.339 e. The normalized spacial score (nSPS) is 11.6. The molecule has 0 aliphatic rings. The third-order valence-corrected chi connectivity index (χ3v) is 2.86. The number of carboxylic acids is 1. The number of aromatic amines is 1. The minimum Gasteiger partial charge on any atom is -0.497 e. The van der Waals surface area contributed by atoms with Crippen LogP contribution in [0.3, 0.4) is 0 Å². The van der Waals surface area contributed by atoms with E-state index in [9.17, 15) is 9.59 Å². The summed E-state index contributed by atoms with van der Waals surface area (Å²) in [6.45, 7) is 0. The molecular formula is C16H14N2O4. The number of carbonyl (C=O) groups excluding carboxylic acids is 1. The zero-order chi connectivity index (χ0) is 15.9. The Bertz CT molecular complexity index is 713. The lowest BCUT2D eigenvalue weighted by molar-refractivity contribution is -0.133. The van der Waals surface area contributed by atoms with E-state index in [2.05, 4.69) is 9.97 Å². The number of nitrogens with zero attached hydrogens (tertiary/aromatic N) is 1. The maximum absolute atomic E-state index is 12.0. The number of nitrogens with one attached hydrogen (secondary N) is 1. The van der Waals surface area contributed by atoms with Gasteiger partial charge in [-0.2, -0.15) is 0 Å². The van der Waals surface area contributed by atoms with Gasteiger partial charge < -0.3 is 14.8 Å². The van der Waals surface area contributed by atoms with E-state index < -0.39 is 11.8 Å². The van der Waals surface area contributed by atoms with E-state index in [1.807, 2.05) is 0 Å². The van der Waals surface area contributed by atoms with E-state index >= 15 is 0 Å². The minimum atomic E-state index is -1.29. The highest BCUT2D eigenvalue weighted by atomic mass is 16.5. The first kappa shape index (κ1) is 15.2. The summed E-state index contributed by atoms with van der Waals surface area (Å²) < 4.78 is 5.04. The van der Waals surface area contributed by atoms with Gasteiger partial charge in [0, 0.05) is 0 Å². The molecule has 1 heterocycles. The van der Waals surface area contributed by atoms with Gasteiger partial charge >= 0.3 is 5.97 Å². The van der Waals surface area contributed by atoms with Gasteiger partial charge in [-0.15, -0.1) is 0 Å². The predicted molar refractivity (Wildman–Crippen MR) is 81.2 cm³/mol. The maximum atomic E-state index is 12.0. The number of imidazole rings is 1. The van der Waals surface area contributed by atoms with Crippen molar-refractivity contribution in [1.82, 2.24) is 9.97 Å². The van der Waals surface area contributed by atoms with Crippen LogP contribution < -0.4 is 4.74 Å². The molecule has 112 valence electrons. The maximum Gasteiger partial charge on any atom is 0.339 e. The summed E-state index contributed by atoms with van der Waals surface area (Å²) in [5.74, 6) is -1.19. The molecule has 0 spiro atoms. The van der Waals surface area contributed by atoms with Gasteiger partial charge in [-0.05, 0) is 29.8 Å². The van der Waals surface area contributed by atoms with Crippen LogP contribution in [0.15, 0.2) is 48.4 Å². The Hall–Kier alpha value is -3.15. The molecule has 0 saturated heterocycles. The monoisotopic (exact) mass is 298 g/mol. The van der Waals surface area contributed by atoms with Crippen molar-refractivity contribution in [2.24, 2.45) is 0 Å². The Balaban J connectivity index is 2.17. The van der Waals surface area contributed by atoms with Crippen molar-refractivity contribution in [3.63, 3.8) is 0 Å². The van der Waals surface area contributed by atoms with E-state index in [0.29, 0.717) is 11.4 Å². The van der Waals surface area contributed by atoms with Crippen LogP contribution >= 0.6 is 0 Å². The van der Waals surface area contributed by atoms with Gasteiger partial charge in [-0.1, -0.05) is 18.2 Å². The van der Waals surface area contributed by atoms with Crippen molar-refractivity contribution in [3.8, 4) is 5.75 Å². The van der Waals surface area contributed by atoms with Gasteiger partial charge in [0.05, 0.1) is 25.3 Å². The molecule has 22 heavy (non-hydrogen) atoms. The molecular weight excluding hydrogens is 284 g/mol. The molecule has 0 atom stereocenters. The molecule has 0 fully saturated rings. The molecule has 1 aromatic carbocycles. The van der Waals surface area contributed by atoms with Crippen LogP contribution in [-0.2, 0) is 9.59 Å². The average Bonchev–Trinajstić information content (AvgIpc) is 3.03. The predicted octanol–water partition coefficient (Wildman–Crippen LogP) is 2.17. The number of aliphatic carboxylic acids is 1. The Morgan fingerprint density at radius 1 is 1.27 bits per heavy atom. The number of carbonyl (C=O) groups is 2. The van der Waals surface area contributed by atoms with E-state index in [-0.39, 0.29) is 5.57 Å². The fraction of sp³-hybridized carbons (Fsp3) is 0.0625. The number of methoxy groups -OCH3 is 1. The Morgan fingerprint density at radius 3 is 2.55 bits per heavy atom. The first-order valence-corrected chi connectivity index (χ1v) is 6.40. The summed E-state index contributed by atoms with van der Waals surface area (Å²) in [5.41, 5.74) is 0.873. The SMILES string of the molecule is COc1ccc(/C=C/C(=O)/C(=C/c2cnc[nH]2)C(=O)O)cc1. The Morgan fingerprint density at radius 2 is 2.00 bits per heavy atom. The molecule has 0 amide bonds. The molecule has 2 rings (SSSR count). The van der Waals surface area contributed by atoms with E-state index in [1.54, 1.807) is 37.5 Å². The van der Waals surface area contributed by atoms with Crippen LogP contribution in [0.5, 0.6) is 5.75 Å². The van der Waals surface area contributed by atoms with E-state index in [0.717, 1.165) is 5.56 Å². The summed E-state index contributed by atoms with van der Waals surface area (Å²) in [6, 6.07) is 7.04. The lowest BCUT2D eigenvalue weighted by atomic mass is 10.1.